The fraction of sp³-hybridized carbons (Fsp3) is 0.632. The Balaban J connectivity index is 1.66. The summed E-state index contributed by atoms with van der Waals surface area (Å²) in [5.41, 5.74) is 0.998. The Labute approximate surface area is 143 Å². The number of amides is 1. The zero-order valence-electron chi connectivity index (χ0n) is 14.3. The first-order valence-electron chi connectivity index (χ1n) is 9.00. The second-order valence-corrected chi connectivity index (χ2v) is 6.96. The lowest BCUT2D eigenvalue weighted by atomic mass is 9.87. The van der Waals surface area contributed by atoms with Crippen molar-refractivity contribution >= 4 is 11.9 Å². The van der Waals surface area contributed by atoms with E-state index < -0.39 is 0 Å². The number of hydrogen-bond donors (Lipinski definition) is 0. The zero-order valence-corrected chi connectivity index (χ0v) is 14.3. The van der Waals surface area contributed by atoms with E-state index in [0.29, 0.717) is 25.6 Å². The van der Waals surface area contributed by atoms with Crippen LogP contribution >= 0.6 is 0 Å². The van der Waals surface area contributed by atoms with Crippen LogP contribution in [0, 0.1) is 17.8 Å². The SMILES string of the molecule is CCOC(=O)CCN(Cc1cccnc1)C(=O)C1CC2CCC1C2. The van der Waals surface area contributed by atoms with E-state index in [1.165, 1.54) is 19.3 Å². The maximum absolute atomic E-state index is 13.1. The van der Waals surface area contributed by atoms with Crippen LogP contribution in [-0.2, 0) is 20.9 Å². The molecule has 0 spiro atoms. The van der Waals surface area contributed by atoms with Crippen LogP contribution < -0.4 is 0 Å². The molecular formula is C19H26N2O3. The van der Waals surface area contributed by atoms with Crippen molar-refractivity contribution in [3.8, 4) is 0 Å². The molecule has 0 aromatic carbocycles. The highest BCUT2D eigenvalue weighted by Crippen LogP contribution is 2.48. The number of carbonyl (C=O) groups is 2. The van der Waals surface area contributed by atoms with Gasteiger partial charge in [0.15, 0.2) is 0 Å². The van der Waals surface area contributed by atoms with Crippen LogP contribution in [0.5, 0.6) is 0 Å². The number of aromatic nitrogens is 1. The Kier molecular flexibility index (Phi) is 5.48. The molecule has 2 saturated carbocycles. The molecule has 24 heavy (non-hydrogen) atoms. The molecule has 2 fully saturated rings. The Morgan fingerprint density at radius 2 is 2.21 bits per heavy atom. The molecule has 1 heterocycles. The number of carbonyl (C=O) groups excluding carboxylic acids is 2. The van der Waals surface area contributed by atoms with Gasteiger partial charge >= 0.3 is 5.97 Å². The van der Waals surface area contributed by atoms with E-state index in [0.717, 1.165) is 17.9 Å². The van der Waals surface area contributed by atoms with Gasteiger partial charge in [-0.2, -0.15) is 0 Å². The highest BCUT2D eigenvalue weighted by molar-refractivity contribution is 5.80. The van der Waals surface area contributed by atoms with Crippen LogP contribution in [-0.4, -0.2) is 34.9 Å². The van der Waals surface area contributed by atoms with Crippen LogP contribution in [0.1, 0.15) is 44.6 Å². The normalized spacial score (nSPS) is 24.8. The van der Waals surface area contributed by atoms with Crippen molar-refractivity contribution < 1.29 is 14.3 Å². The fourth-order valence-electron chi connectivity index (χ4n) is 4.22. The Morgan fingerprint density at radius 3 is 2.83 bits per heavy atom. The highest BCUT2D eigenvalue weighted by atomic mass is 16.5. The van der Waals surface area contributed by atoms with Gasteiger partial charge in [0.05, 0.1) is 13.0 Å². The summed E-state index contributed by atoms with van der Waals surface area (Å²) in [7, 11) is 0. The third-order valence-corrected chi connectivity index (χ3v) is 5.35. The summed E-state index contributed by atoms with van der Waals surface area (Å²) in [4.78, 5) is 30.7. The van der Waals surface area contributed by atoms with E-state index in [9.17, 15) is 9.59 Å². The number of nitrogens with zero attached hydrogens (tertiary/aromatic N) is 2. The monoisotopic (exact) mass is 330 g/mol. The van der Waals surface area contributed by atoms with Gasteiger partial charge < -0.3 is 9.64 Å². The molecule has 3 atom stereocenters. The van der Waals surface area contributed by atoms with Crippen LogP contribution in [0.4, 0.5) is 0 Å². The molecule has 0 saturated heterocycles. The van der Waals surface area contributed by atoms with Gasteiger partial charge in [-0.15, -0.1) is 0 Å². The van der Waals surface area contributed by atoms with Crippen molar-refractivity contribution in [3.05, 3.63) is 30.1 Å². The molecule has 2 bridgehead atoms. The Hall–Kier alpha value is -1.91. The van der Waals surface area contributed by atoms with Gasteiger partial charge in [0.1, 0.15) is 0 Å². The van der Waals surface area contributed by atoms with E-state index in [-0.39, 0.29) is 24.2 Å². The average molecular weight is 330 g/mol. The van der Waals surface area contributed by atoms with E-state index in [4.69, 9.17) is 4.74 Å². The van der Waals surface area contributed by atoms with E-state index in [2.05, 4.69) is 4.98 Å². The molecule has 2 aliphatic carbocycles. The lowest BCUT2D eigenvalue weighted by molar-refractivity contribution is -0.145. The lowest BCUT2D eigenvalue weighted by Crippen LogP contribution is -2.39. The maximum atomic E-state index is 13.1. The van der Waals surface area contributed by atoms with Crippen molar-refractivity contribution in [2.24, 2.45) is 17.8 Å². The topological polar surface area (TPSA) is 59.5 Å². The fourth-order valence-corrected chi connectivity index (χ4v) is 4.22. The first-order valence-corrected chi connectivity index (χ1v) is 9.00. The minimum atomic E-state index is -0.241. The number of hydrogen-bond acceptors (Lipinski definition) is 4. The summed E-state index contributed by atoms with van der Waals surface area (Å²) in [6, 6.07) is 3.85. The summed E-state index contributed by atoms with van der Waals surface area (Å²) in [6.45, 7) is 3.11. The molecule has 5 heteroatoms. The predicted octanol–water partition coefficient (Wildman–Crippen LogP) is 2.80. The summed E-state index contributed by atoms with van der Waals surface area (Å²) in [5, 5.41) is 0. The van der Waals surface area contributed by atoms with E-state index in [1.54, 1.807) is 19.3 Å². The van der Waals surface area contributed by atoms with Gasteiger partial charge in [-0.1, -0.05) is 12.5 Å². The molecule has 3 rings (SSSR count). The zero-order chi connectivity index (χ0) is 16.9. The Bertz CT molecular complexity index is 575. The van der Waals surface area contributed by atoms with Gasteiger partial charge in [0, 0.05) is 31.4 Å². The minimum absolute atomic E-state index is 0.141. The maximum Gasteiger partial charge on any atom is 0.307 e. The van der Waals surface area contributed by atoms with Crippen molar-refractivity contribution in [2.75, 3.05) is 13.2 Å². The molecule has 1 amide bonds. The molecular weight excluding hydrogens is 304 g/mol. The van der Waals surface area contributed by atoms with Crippen molar-refractivity contribution in [1.29, 1.82) is 0 Å². The Morgan fingerprint density at radius 1 is 1.33 bits per heavy atom. The van der Waals surface area contributed by atoms with Gasteiger partial charge in [-0.3, -0.25) is 14.6 Å². The van der Waals surface area contributed by atoms with Crippen molar-refractivity contribution in [3.63, 3.8) is 0 Å². The molecule has 2 aliphatic rings. The predicted molar refractivity (Wildman–Crippen MR) is 89.8 cm³/mol. The number of fused-ring (bicyclic) bond motifs is 2. The third-order valence-electron chi connectivity index (χ3n) is 5.35. The van der Waals surface area contributed by atoms with Crippen LogP contribution in [0.2, 0.25) is 0 Å². The second kappa shape index (κ2) is 7.77. The first kappa shape index (κ1) is 16.9. The average Bonchev–Trinajstić information content (AvgIpc) is 3.22. The van der Waals surface area contributed by atoms with Crippen LogP contribution in [0.25, 0.3) is 0 Å². The summed E-state index contributed by atoms with van der Waals surface area (Å²) in [6.07, 6.45) is 8.44. The number of esters is 1. The summed E-state index contributed by atoms with van der Waals surface area (Å²) < 4.78 is 5.01. The smallest absolute Gasteiger partial charge is 0.307 e. The van der Waals surface area contributed by atoms with Crippen molar-refractivity contribution in [1.82, 2.24) is 9.88 Å². The molecule has 0 aliphatic heterocycles. The molecule has 130 valence electrons. The van der Waals surface area contributed by atoms with Crippen molar-refractivity contribution in [2.45, 2.75) is 45.6 Å². The standard InChI is InChI=1S/C19H26N2O3/c1-2-24-18(22)7-9-21(13-15-4-3-8-20-12-15)19(23)17-11-14-5-6-16(17)10-14/h3-4,8,12,14,16-17H,2,5-7,9-11,13H2,1H3. The van der Waals surface area contributed by atoms with Gasteiger partial charge in [-0.05, 0) is 49.7 Å². The third kappa shape index (κ3) is 3.94. The number of pyridine rings is 1. The van der Waals surface area contributed by atoms with Gasteiger partial charge in [0.25, 0.3) is 0 Å². The second-order valence-electron chi connectivity index (χ2n) is 6.96. The largest absolute Gasteiger partial charge is 0.466 e. The molecule has 0 N–H and O–H groups in total. The number of rotatable bonds is 7. The molecule has 1 aromatic heterocycles. The van der Waals surface area contributed by atoms with Gasteiger partial charge in [-0.25, -0.2) is 0 Å². The molecule has 5 nitrogen and oxygen atoms in total. The molecule has 1 aromatic rings. The van der Waals surface area contributed by atoms with Crippen LogP contribution in [0.3, 0.4) is 0 Å². The molecule has 0 radical (unpaired) electrons. The number of ether oxygens (including phenoxy) is 1. The molecule has 3 unspecified atom stereocenters. The van der Waals surface area contributed by atoms with Gasteiger partial charge in [0.2, 0.25) is 5.91 Å². The van der Waals surface area contributed by atoms with Crippen LogP contribution in [0.15, 0.2) is 24.5 Å². The van der Waals surface area contributed by atoms with E-state index >= 15 is 0 Å². The minimum Gasteiger partial charge on any atom is -0.466 e. The summed E-state index contributed by atoms with van der Waals surface area (Å²) >= 11 is 0. The summed E-state index contributed by atoms with van der Waals surface area (Å²) in [5.74, 6) is 1.38. The lowest BCUT2D eigenvalue weighted by Gasteiger charge is -2.29. The highest BCUT2D eigenvalue weighted by Gasteiger charge is 2.44. The quantitative estimate of drug-likeness (QED) is 0.721. The van der Waals surface area contributed by atoms with E-state index in [1.807, 2.05) is 17.0 Å². The first-order chi connectivity index (χ1) is 11.7.